The fourth-order valence-electron chi connectivity index (χ4n) is 3.94. The van der Waals surface area contributed by atoms with E-state index in [9.17, 15) is 39.9 Å². The Bertz CT molecular complexity index is 1320. The molecule has 2 aromatic heterocycles. The average Bonchev–Trinajstić information content (AvgIpc) is 3.45. The molecule has 1 aromatic carbocycles. The molecule has 36 heavy (non-hydrogen) atoms. The Morgan fingerprint density at radius 2 is 1.61 bits per heavy atom. The molecule has 0 radical (unpaired) electrons. The van der Waals surface area contributed by atoms with Crippen LogP contribution < -0.4 is 0 Å². The van der Waals surface area contributed by atoms with Gasteiger partial charge in [0.1, 0.15) is 17.0 Å². The van der Waals surface area contributed by atoms with Crippen molar-refractivity contribution in [3.63, 3.8) is 0 Å². The van der Waals surface area contributed by atoms with E-state index >= 15 is 0 Å². The molecule has 0 N–H and O–H groups in total. The highest BCUT2D eigenvalue weighted by molar-refractivity contribution is 5.95. The maximum Gasteiger partial charge on any atom is 0.459 e. The third-order valence-corrected chi connectivity index (χ3v) is 5.93. The number of aryl methyl sites for hydroxylation is 2. The fraction of sp³-hybridized carbons (Fsp3) is 0.409. The average molecular weight is 521 g/mol. The van der Waals surface area contributed by atoms with Crippen LogP contribution in [-0.2, 0) is 26.2 Å². The van der Waals surface area contributed by atoms with Crippen molar-refractivity contribution >= 4 is 5.91 Å². The van der Waals surface area contributed by atoms with Crippen molar-refractivity contribution in [2.24, 2.45) is 14.1 Å². The first-order valence-electron chi connectivity index (χ1n) is 10.5. The second-order valence-corrected chi connectivity index (χ2v) is 8.53. The van der Waals surface area contributed by atoms with Crippen molar-refractivity contribution in [1.29, 1.82) is 0 Å². The summed E-state index contributed by atoms with van der Waals surface area (Å²) in [5.41, 5.74) is -5.37. The lowest BCUT2D eigenvalue weighted by Gasteiger charge is -2.19. The van der Waals surface area contributed by atoms with Gasteiger partial charge < -0.3 is 4.90 Å². The summed E-state index contributed by atoms with van der Waals surface area (Å²) in [7, 11) is 3.84. The number of amides is 1. The minimum atomic E-state index is -6.30. The smallest absolute Gasteiger partial charge is 0.339 e. The van der Waals surface area contributed by atoms with Crippen molar-refractivity contribution in [1.82, 2.24) is 24.5 Å². The molecule has 194 valence electrons. The molecule has 1 aliphatic rings. The molecule has 0 bridgehead atoms. The molecular weight excluding hydrogens is 502 g/mol. The first-order chi connectivity index (χ1) is 16.5. The lowest BCUT2D eigenvalue weighted by atomic mass is 10.0. The third kappa shape index (κ3) is 4.32. The van der Waals surface area contributed by atoms with E-state index in [0.717, 1.165) is 30.6 Å². The molecule has 6 nitrogen and oxygen atoms in total. The molecule has 14 heteroatoms. The van der Waals surface area contributed by atoms with Gasteiger partial charge in [-0.25, -0.2) is 0 Å². The molecule has 0 atom stereocenters. The number of alkyl halides is 8. The Morgan fingerprint density at radius 1 is 0.972 bits per heavy atom. The van der Waals surface area contributed by atoms with E-state index in [-0.39, 0.29) is 17.6 Å². The maximum atomic E-state index is 14.0. The highest BCUT2D eigenvalue weighted by atomic mass is 19.4. The van der Waals surface area contributed by atoms with Gasteiger partial charge in [-0.1, -0.05) is 12.1 Å². The molecule has 0 aliphatic heterocycles. The van der Waals surface area contributed by atoms with Crippen LogP contribution in [0.25, 0.3) is 22.6 Å². The molecule has 0 spiro atoms. The second-order valence-electron chi connectivity index (χ2n) is 8.53. The van der Waals surface area contributed by atoms with Crippen LogP contribution in [0, 0.1) is 0 Å². The van der Waals surface area contributed by atoms with Crippen LogP contribution in [0.1, 0.15) is 34.5 Å². The van der Waals surface area contributed by atoms with Crippen LogP contribution in [0.3, 0.4) is 0 Å². The van der Waals surface area contributed by atoms with E-state index in [0.29, 0.717) is 15.8 Å². The lowest BCUT2D eigenvalue weighted by Crippen LogP contribution is -2.36. The van der Waals surface area contributed by atoms with Crippen molar-refractivity contribution in [2.45, 2.75) is 37.2 Å². The molecule has 1 saturated carbocycles. The van der Waals surface area contributed by atoms with E-state index in [1.54, 1.807) is 30.1 Å². The molecule has 1 amide bonds. The second kappa shape index (κ2) is 8.30. The number of benzene rings is 1. The van der Waals surface area contributed by atoms with Crippen molar-refractivity contribution in [3.8, 4) is 22.6 Å². The molecule has 1 aliphatic carbocycles. The minimum absolute atomic E-state index is 0.138. The van der Waals surface area contributed by atoms with Gasteiger partial charge in [0.05, 0.1) is 5.69 Å². The Balaban J connectivity index is 1.82. The van der Waals surface area contributed by atoms with Crippen molar-refractivity contribution < 1.29 is 39.9 Å². The van der Waals surface area contributed by atoms with Gasteiger partial charge in [-0.2, -0.15) is 45.3 Å². The van der Waals surface area contributed by atoms with E-state index in [1.807, 2.05) is 0 Å². The summed E-state index contributed by atoms with van der Waals surface area (Å²) in [6.07, 6.45) is -10.1. The Labute approximate surface area is 199 Å². The molecule has 0 unspecified atom stereocenters. The predicted octanol–water partition coefficient (Wildman–Crippen LogP) is 5.39. The Kier molecular flexibility index (Phi) is 5.91. The van der Waals surface area contributed by atoms with Gasteiger partial charge in [0.15, 0.2) is 5.69 Å². The number of hydrogen-bond acceptors (Lipinski definition) is 3. The van der Waals surface area contributed by atoms with E-state index in [1.165, 1.54) is 13.1 Å². The largest absolute Gasteiger partial charge is 0.459 e. The monoisotopic (exact) mass is 521 g/mol. The summed E-state index contributed by atoms with van der Waals surface area (Å²) in [5, 5.41) is 6.84. The molecule has 1 fully saturated rings. The standard InChI is InChI=1S/C22H19F8N5O/c1-33(13-7-8-13)19(36)12-6-4-5-11(9-12)15-10-14(31-34(15)2)17-16(21(25,26)27)18(32-35(17)3)20(23,24)22(28,29)30/h4-6,9-10,13H,7-8H2,1-3H3. The van der Waals surface area contributed by atoms with Gasteiger partial charge in [0.2, 0.25) is 0 Å². The molecule has 2 heterocycles. The molecule has 0 saturated heterocycles. The number of nitrogens with zero attached hydrogens (tertiary/aromatic N) is 5. The summed E-state index contributed by atoms with van der Waals surface area (Å²) in [5.74, 6) is -6.11. The van der Waals surface area contributed by atoms with E-state index in [4.69, 9.17) is 0 Å². The number of rotatable bonds is 5. The zero-order chi connectivity index (χ0) is 26.8. The number of halogens is 8. The zero-order valence-electron chi connectivity index (χ0n) is 19.0. The molecule has 3 aromatic rings. The number of carbonyl (C=O) groups excluding carboxylic acids is 1. The summed E-state index contributed by atoms with van der Waals surface area (Å²) in [4.78, 5) is 14.3. The molecular formula is C22H19F8N5O. The van der Waals surface area contributed by atoms with Gasteiger partial charge in [0, 0.05) is 38.3 Å². The summed E-state index contributed by atoms with van der Waals surface area (Å²) in [6.45, 7) is 0. The van der Waals surface area contributed by atoms with E-state index < -0.39 is 40.9 Å². The normalized spacial score (nSPS) is 14.9. The van der Waals surface area contributed by atoms with Gasteiger partial charge in [0.25, 0.3) is 5.91 Å². The zero-order valence-corrected chi connectivity index (χ0v) is 19.0. The first-order valence-corrected chi connectivity index (χ1v) is 10.5. The first kappa shape index (κ1) is 25.6. The van der Waals surface area contributed by atoms with Crippen LogP contribution in [0.15, 0.2) is 30.3 Å². The van der Waals surface area contributed by atoms with E-state index in [2.05, 4.69) is 10.2 Å². The number of aromatic nitrogens is 4. The highest BCUT2D eigenvalue weighted by Gasteiger charge is 2.64. The van der Waals surface area contributed by atoms with Crippen LogP contribution >= 0.6 is 0 Å². The van der Waals surface area contributed by atoms with Crippen LogP contribution in [0.4, 0.5) is 35.1 Å². The van der Waals surface area contributed by atoms with Gasteiger partial charge in [-0.3, -0.25) is 14.2 Å². The number of hydrogen-bond donors (Lipinski definition) is 0. The van der Waals surface area contributed by atoms with Gasteiger partial charge in [-0.05, 0) is 31.0 Å². The quantitative estimate of drug-likeness (QED) is 0.423. The lowest BCUT2D eigenvalue weighted by molar-refractivity contribution is -0.292. The van der Waals surface area contributed by atoms with Gasteiger partial charge in [-0.15, -0.1) is 0 Å². The van der Waals surface area contributed by atoms with Crippen molar-refractivity contribution in [2.75, 3.05) is 7.05 Å². The summed E-state index contributed by atoms with van der Waals surface area (Å²) in [6, 6.07) is 7.43. The van der Waals surface area contributed by atoms with Crippen molar-refractivity contribution in [3.05, 3.63) is 47.2 Å². The van der Waals surface area contributed by atoms with Crippen LogP contribution in [-0.4, -0.2) is 49.6 Å². The summed E-state index contributed by atoms with van der Waals surface area (Å²) >= 11 is 0. The maximum absolute atomic E-state index is 14.0. The third-order valence-electron chi connectivity index (χ3n) is 5.93. The van der Waals surface area contributed by atoms with Crippen LogP contribution in [0.5, 0.6) is 0 Å². The fourth-order valence-corrected chi connectivity index (χ4v) is 3.94. The Morgan fingerprint density at radius 3 is 2.17 bits per heavy atom. The minimum Gasteiger partial charge on any atom is -0.339 e. The van der Waals surface area contributed by atoms with Crippen LogP contribution in [0.2, 0.25) is 0 Å². The predicted molar refractivity (Wildman–Crippen MR) is 111 cm³/mol. The highest BCUT2D eigenvalue weighted by Crippen LogP contribution is 2.50. The SMILES string of the molecule is CN(C(=O)c1cccc(-c2cc(-c3c(C(F)(F)F)c(C(F)(F)C(F)(F)F)nn3C)nn2C)c1)C1CC1. The topological polar surface area (TPSA) is 56.0 Å². The number of carbonyl (C=O) groups is 1. The van der Waals surface area contributed by atoms with Gasteiger partial charge >= 0.3 is 18.3 Å². The summed E-state index contributed by atoms with van der Waals surface area (Å²) < 4.78 is 110. The Hall–Kier alpha value is -3.45. The molecule has 4 rings (SSSR count).